The second-order valence-electron chi connectivity index (χ2n) is 3.86. The minimum Gasteiger partial charge on any atom is -0.478 e. The van der Waals surface area contributed by atoms with Crippen LogP contribution < -0.4 is 4.74 Å². The zero-order valence-electron chi connectivity index (χ0n) is 8.87. The predicted molar refractivity (Wildman–Crippen MR) is 59.4 cm³/mol. The van der Waals surface area contributed by atoms with Crippen LogP contribution in [0.25, 0.3) is 0 Å². The van der Waals surface area contributed by atoms with E-state index < -0.39 is 0 Å². The Hall–Kier alpha value is -0.830. The van der Waals surface area contributed by atoms with E-state index in [0.717, 1.165) is 18.7 Å². The summed E-state index contributed by atoms with van der Waals surface area (Å²) >= 11 is 5.90. The van der Waals surface area contributed by atoms with Gasteiger partial charge in [0.2, 0.25) is 5.88 Å². The lowest BCUT2D eigenvalue weighted by molar-refractivity contribution is 0.296. The predicted octanol–water partition coefficient (Wildman–Crippen LogP) is 3.19. The lowest BCUT2D eigenvalue weighted by Gasteiger charge is -2.06. The van der Waals surface area contributed by atoms with Gasteiger partial charge in [0.15, 0.2) is 0 Å². The van der Waals surface area contributed by atoms with Crippen LogP contribution in [0, 0.1) is 0 Å². The number of hydrogen-bond acceptors (Lipinski definition) is 3. The Kier molecular flexibility index (Phi) is 3.41. The summed E-state index contributed by atoms with van der Waals surface area (Å²) in [5, 5.41) is 0.485. The highest BCUT2D eigenvalue weighted by Gasteiger charge is 2.27. The summed E-state index contributed by atoms with van der Waals surface area (Å²) < 4.78 is 5.51. The van der Waals surface area contributed by atoms with Crippen molar-refractivity contribution in [3.05, 3.63) is 17.0 Å². The molecule has 1 aliphatic carbocycles. The van der Waals surface area contributed by atoms with Crippen molar-refractivity contribution in [1.82, 2.24) is 9.97 Å². The Morgan fingerprint density at radius 3 is 2.93 bits per heavy atom. The monoisotopic (exact) mass is 226 g/mol. The molecule has 1 saturated carbocycles. The fourth-order valence-electron chi connectivity index (χ4n) is 1.33. The van der Waals surface area contributed by atoms with E-state index in [1.54, 1.807) is 6.07 Å². The average molecular weight is 227 g/mol. The maximum atomic E-state index is 5.90. The van der Waals surface area contributed by atoms with Gasteiger partial charge in [-0.05, 0) is 19.3 Å². The summed E-state index contributed by atoms with van der Waals surface area (Å²) in [4.78, 5) is 8.55. The van der Waals surface area contributed by atoms with Crippen molar-refractivity contribution in [2.45, 2.75) is 38.5 Å². The lowest BCUT2D eigenvalue weighted by atomic mass is 10.4. The van der Waals surface area contributed by atoms with Crippen molar-refractivity contribution < 1.29 is 4.74 Å². The Bertz CT molecular complexity index is 339. The van der Waals surface area contributed by atoms with Crippen LogP contribution in [-0.2, 0) is 0 Å². The van der Waals surface area contributed by atoms with Crippen LogP contribution in [0.3, 0.4) is 0 Å². The summed E-state index contributed by atoms with van der Waals surface area (Å²) in [6.07, 6.45) is 4.51. The summed E-state index contributed by atoms with van der Waals surface area (Å²) in [7, 11) is 0. The maximum absolute atomic E-state index is 5.90. The molecule has 0 saturated heterocycles. The molecule has 82 valence electrons. The molecule has 2 rings (SSSR count). The number of halogens is 1. The van der Waals surface area contributed by atoms with Gasteiger partial charge in [-0.15, -0.1) is 0 Å². The van der Waals surface area contributed by atoms with Gasteiger partial charge in [-0.2, -0.15) is 4.98 Å². The zero-order chi connectivity index (χ0) is 10.7. The number of aromatic nitrogens is 2. The average Bonchev–Trinajstić information content (AvgIpc) is 3.00. The van der Waals surface area contributed by atoms with Crippen LogP contribution in [0.4, 0.5) is 0 Å². The van der Waals surface area contributed by atoms with Gasteiger partial charge in [0.05, 0.1) is 6.61 Å². The van der Waals surface area contributed by atoms with Crippen LogP contribution >= 0.6 is 11.6 Å². The molecule has 1 heterocycles. The van der Waals surface area contributed by atoms with Crippen LogP contribution in [0.15, 0.2) is 6.07 Å². The molecule has 0 atom stereocenters. The second kappa shape index (κ2) is 4.79. The van der Waals surface area contributed by atoms with Crippen molar-refractivity contribution in [2.75, 3.05) is 6.61 Å². The Morgan fingerprint density at radius 2 is 2.27 bits per heavy atom. The largest absolute Gasteiger partial charge is 0.478 e. The molecule has 3 nitrogen and oxygen atoms in total. The molecule has 0 radical (unpaired) electrons. The highest BCUT2D eigenvalue weighted by Crippen LogP contribution is 2.38. The first-order valence-corrected chi connectivity index (χ1v) is 5.84. The maximum Gasteiger partial charge on any atom is 0.218 e. The van der Waals surface area contributed by atoms with E-state index in [4.69, 9.17) is 16.3 Å². The molecule has 0 spiro atoms. The lowest BCUT2D eigenvalue weighted by Crippen LogP contribution is -2.01. The van der Waals surface area contributed by atoms with Crippen molar-refractivity contribution in [3.63, 3.8) is 0 Å². The highest BCUT2D eigenvalue weighted by atomic mass is 35.5. The molecule has 1 aliphatic rings. The van der Waals surface area contributed by atoms with Crippen LogP contribution in [0.1, 0.15) is 44.3 Å². The minimum absolute atomic E-state index is 0.485. The number of nitrogens with zero attached hydrogens (tertiary/aromatic N) is 2. The fraction of sp³-hybridized carbons (Fsp3) is 0.636. The van der Waals surface area contributed by atoms with Crippen LogP contribution in [0.2, 0.25) is 5.15 Å². The molecular weight excluding hydrogens is 212 g/mol. The SMILES string of the molecule is CCCCOc1cc(Cl)nc(C2CC2)n1. The quantitative estimate of drug-likeness (QED) is 0.571. The zero-order valence-corrected chi connectivity index (χ0v) is 9.63. The van der Waals surface area contributed by atoms with Gasteiger partial charge < -0.3 is 4.74 Å². The van der Waals surface area contributed by atoms with E-state index in [-0.39, 0.29) is 0 Å². The Morgan fingerprint density at radius 1 is 1.47 bits per heavy atom. The standard InChI is InChI=1S/C11H15ClN2O/c1-2-3-6-15-10-7-9(12)13-11(14-10)8-4-5-8/h7-8H,2-6H2,1H3. The molecule has 4 heteroatoms. The topological polar surface area (TPSA) is 35.0 Å². The number of rotatable bonds is 5. The van der Waals surface area contributed by atoms with Crippen molar-refractivity contribution >= 4 is 11.6 Å². The van der Waals surface area contributed by atoms with E-state index in [1.165, 1.54) is 12.8 Å². The number of unbranched alkanes of at least 4 members (excludes halogenated alkanes) is 1. The Labute approximate surface area is 94.8 Å². The van der Waals surface area contributed by atoms with Crippen LogP contribution in [0.5, 0.6) is 5.88 Å². The third-order valence-corrected chi connectivity index (χ3v) is 2.57. The fourth-order valence-corrected chi connectivity index (χ4v) is 1.51. The first-order chi connectivity index (χ1) is 7.29. The summed E-state index contributed by atoms with van der Waals surface area (Å²) in [5.41, 5.74) is 0. The van der Waals surface area contributed by atoms with E-state index in [0.29, 0.717) is 23.6 Å². The van der Waals surface area contributed by atoms with E-state index in [9.17, 15) is 0 Å². The minimum atomic E-state index is 0.485. The van der Waals surface area contributed by atoms with Gasteiger partial charge in [-0.1, -0.05) is 24.9 Å². The molecule has 0 amide bonds. The molecule has 15 heavy (non-hydrogen) atoms. The van der Waals surface area contributed by atoms with Gasteiger partial charge in [0.1, 0.15) is 11.0 Å². The van der Waals surface area contributed by atoms with Crippen molar-refractivity contribution in [1.29, 1.82) is 0 Å². The van der Waals surface area contributed by atoms with E-state index >= 15 is 0 Å². The third-order valence-electron chi connectivity index (χ3n) is 2.38. The first-order valence-electron chi connectivity index (χ1n) is 5.47. The summed E-state index contributed by atoms with van der Waals surface area (Å²) in [5.74, 6) is 1.97. The molecule has 1 aromatic rings. The van der Waals surface area contributed by atoms with Gasteiger partial charge in [-0.25, -0.2) is 4.98 Å². The van der Waals surface area contributed by atoms with Crippen molar-refractivity contribution in [2.24, 2.45) is 0 Å². The van der Waals surface area contributed by atoms with E-state index in [2.05, 4.69) is 16.9 Å². The molecule has 0 aromatic carbocycles. The second-order valence-corrected chi connectivity index (χ2v) is 4.25. The highest BCUT2D eigenvalue weighted by molar-refractivity contribution is 6.29. The smallest absolute Gasteiger partial charge is 0.218 e. The summed E-state index contributed by atoms with van der Waals surface area (Å²) in [6, 6.07) is 1.68. The molecule has 0 unspecified atom stereocenters. The molecule has 0 N–H and O–H groups in total. The van der Waals surface area contributed by atoms with Gasteiger partial charge in [0, 0.05) is 12.0 Å². The molecule has 0 aliphatic heterocycles. The molecule has 1 fully saturated rings. The Balaban J connectivity index is 2.02. The van der Waals surface area contributed by atoms with E-state index in [1.807, 2.05) is 0 Å². The van der Waals surface area contributed by atoms with Gasteiger partial charge >= 0.3 is 0 Å². The van der Waals surface area contributed by atoms with Gasteiger partial charge in [0.25, 0.3) is 0 Å². The van der Waals surface area contributed by atoms with Crippen molar-refractivity contribution in [3.8, 4) is 5.88 Å². The van der Waals surface area contributed by atoms with Gasteiger partial charge in [-0.3, -0.25) is 0 Å². The normalized spacial score (nSPS) is 15.3. The summed E-state index contributed by atoms with van der Waals surface area (Å²) in [6.45, 7) is 2.83. The number of ether oxygens (including phenoxy) is 1. The molecule has 1 aromatic heterocycles. The molecule has 0 bridgehead atoms. The number of hydrogen-bond donors (Lipinski definition) is 0. The molecular formula is C11H15ClN2O. The first kappa shape index (κ1) is 10.7. The van der Waals surface area contributed by atoms with Crippen LogP contribution in [-0.4, -0.2) is 16.6 Å². The third kappa shape index (κ3) is 3.06.